The number of ether oxygens (including phenoxy) is 1. The minimum atomic E-state index is -1.29. The quantitative estimate of drug-likeness (QED) is 0.504. The molecule has 2 rings (SSSR count). The first-order chi connectivity index (χ1) is 9.47. The molecule has 1 unspecified atom stereocenters. The minimum Gasteiger partial charge on any atom is -0.509 e. The third-order valence-corrected chi connectivity index (χ3v) is 2.95. The fourth-order valence-corrected chi connectivity index (χ4v) is 1.84. The summed E-state index contributed by atoms with van der Waals surface area (Å²) in [6.45, 7) is 1.52. The lowest BCUT2D eigenvalue weighted by atomic mass is 9.89. The zero-order valence-corrected chi connectivity index (χ0v) is 11.1. The molecule has 0 amide bonds. The molecule has 0 spiro atoms. The van der Waals surface area contributed by atoms with Crippen molar-refractivity contribution in [3.63, 3.8) is 0 Å². The maximum absolute atomic E-state index is 11.6. The first-order valence-electron chi connectivity index (χ1n) is 6.25. The molecule has 0 radical (unpaired) electrons. The van der Waals surface area contributed by atoms with Gasteiger partial charge in [0.15, 0.2) is 0 Å². The van der Waals surface area contributed by atoms with E-state index in [0.717, 1.165) is 5.57 Å². The summed E-state index contributed by atoms with van der Waals surface area (Å²) in [4.78, 5) is 11.6. The lowest BCUT2D eigenvalue weighted by Gasteiger charge is -2.25. The number of hydrogen-bond donors (Lipinski definition) is 2. The Balaban J connectivity index is 1.98. The highest BCUT2D eigenvalue weighted by Gasteiger charge is 2.28. The number of carbonyl (C=O) groups is 1. The molecule has 0 fully saturated rings. The number of allylic oxidation sites excluding steroid dienone is 3. The largest absolute Gasteiger partial charge is 0.509 e. The number of carbonyl (C=O) groups excluding carboxylic acids is 1. The van der Waals surface area contributed by atoms with Gasteiger partial charge in [0.1, 0.15) is 17.1 Å². The highest BCUT2D eigenvalue weighted by molar-refractivity contribution is 5.84. The van der Waals surface area contributed by atoms with Gasteiger partial charge >= 0.3 is 5.97 Å². The Labute approximate surface area is 117 Å². The van der Waals surface area contributed by atoms with E-state index >= 15 is 0 Å². The van der Waals surface area contributed by atoms with Crippen LogP contribution in [-0.4, -0.2) is 21.8 Å². The molecule has 0 saturated heterocycles. The molecule has 1 aliphatic carbocycles. The maximum Gasteiger partial charge on any atom is 0.336 e. The van der Waals surface area contributed by atoms with E-state index < -0.39 is 11.6 Å². The third kappa shape index (κ3) is 3.59. The summed E-state index contributed by atoms with van der Waals surface area (Å²) in [5.41, 5.74) is -0.560. The molecule has 0 bridgehead atoms. The van der Waals surface area contributed by atoms with Gasteiger partial charge in [0, 0.05) is 12.5 Å². The Bertz CT molecular complexity index is 580. The number of rotatable bonds is 3. The number of aliphatic hydroxyl groups is 2. The minimum absolute atomic E-state index is 0.0819. The predicted molar refractivity (Wildman–Crippen MR) is 75.3 cm³/mol. The topological polar surface area (TPSA) is 66.8 Å². The summed E-state index contributed by atoms with van der Waals surface area (Å²) >= 11 is 0. The van der Waals surface area contributed by atoms with E-state index in [9.17, 15) is 15.0 Å². The molecule has 1 atom stereocenters. The van der Waals surface area contributed by atoms with Gasteiger partial charge in [0.25, 0.3) is 0 Å². The van der Waals surface area contributed by atoms with Crippen LogP contribution in [0.5, 0.6) is 5.75 Å². The molecular weight excluding hydrogens is 256 g/mol. The first kappa shape index (κ1) is 14.1. The van der Waals surface area contributed by atoms with E-state index in [1.54, 1.807) is 36.4 Å². The molecular formula is C16H16O4. The summed E-state index contributed by atoms with van der Waals surface area (Å²) in [6.07, 6.45) is 6.18. The lowest BCUT2D eigenvalue weighted by Crippen LogP contribution is -2.29. The number of hydrogen-bond acceptors (Lipinski definition) is 4. The van der Waals surface area contributed by atoms with Crippen LogP contribution < -0.4 is 4.74 Å². The van der Waals surface area contributed by atoms with Crippen molar-refractivity contribution in [2.45, 2.75) is 18.9 Å². The molecule has 0 aliphatic heterocycles. The number of esters is 1. The van der Waals surface area contributed by atoms with Crippen molar-refractivity contribution in [1.29, 1.82) is 0 Å². The molecule has 4 nitrogen and oxygen atoms in total. The Morgan fingerprint density at radius 2 is 2.00 bits per heavy atom. The van der Waals surface area contributed by atoms with Crippen LogP contribution in [0.2, 0.25) is 0 Å². The molecule has 104 valence electrons. The van der Waals surface area contributed by atoms with Crippen LogP contribution in [0.15, 0.2) is 66.0 Å². The van der Waals surface area contributed by atoms with E-state index in [4.69, 9.17) is 4.74 Å². The number of para-hydroxylation sites is 1. The average Bonchev–Trinajstić information content (AvgIpc) is 2.41. The Kier molecular flexibility index (Phi) is 4.05. The van der Waals surface area contributed by atoms with Gasteiger partial charge in [0.05, 0.1) is 0 Å². The van der Waals surface area contributed by atoms with Gasteiger partial charge in [0.2, 0.25) is 0 Å². The number of benzene rings is 1. The van der Waals surface area contributed by atoms with E-state index in [-0.39, 0.29) is 12.2 Å². The van der Waals surface area contributed by atoms with Crippen molar-refractivity contribution in [1.82, 2.24) is 0 Å². The molecule has 4 heteroatoms. The maximum atomic E-state index is 11.6. The molecule has 2 N–H and O–H groups in total. The van der Waals surface area contributed by atoms with Crippen LogP contribution in [0, 0.1) is 0 Å². The highest BCUT2D eigenvalue weighted by atomic mass is 16.5. The first-order valence-corrected chi connectivity index (χ1v) is 6.25. The second kappa shape index (κ2) is 5.75. The fourth-order valence-electron chi connectivity index (χ4n) is 1.84. The Morgan fingerprint density at radius 3 is 2.65 bits per heavy atom. The van der Waals surface area contributed by atoms with Gasteiger partial charge in [-0.3, -0.25) is 0 Å². The highest BCUT2D eigenvalue weighted by Crippen LogP contribution is 2.27. The summed E-state index contributed by atoms with van der Waals surface area (Å²) in [7, 11) is 0. The monoisotopic (exact) mass is 272 g/mol. The predicted octanol–water partition coefficient (Wildman–Crippen LogP) is 2.67. The summed E-state index contributed by atoms with van der Waals surface area (Å²) < 4.78 is 5.10. The summed E-state index contributed by atoms with van der Waals surface area (Å²) in [5.74, 6) is -0.0960. The Hall–Kier alpha value is -2.33. The van der Waals surface area contributed by atoms with Gasteiger partial charge in [-0.05, 0) is 30.7 Å². The molecule has 1 aromatic rings. The van der Waals surface area contributed by atoms with Crippen molar-refractivity contribution in [3.05, 3.63) is 66.0 Å². The Morgan fingerprint density at radius 1 is 1.30 bits per heavy atom. The number of aliphatic hydroxyl groups excluding tert-OH is 1. The molecule has 0 aromatic heterocycles. The molecule has 1 aliphatic rings. The van der Waals surface area contributed by atoms with Gasteiger partial charge in [-0.15, -0.1) is 0 Å². The molecule has 1 aromatic carbocycles. The normalized spacial score (nSPS) is 22.3. The van der Waals surface area contributed by atoms with Crippen molar-refractivity contribution >= 4 is 5.97 Å². The van der Waals surface area contributed by atoms with E-state index in [0.29, 0.717) is 5.75 Å². The smallest absolute Gasteiger partial charge is 0.336 e. The van der Waals surface area contributed by atoms with Crippen LogP contribution in [0.25, 0.3) is 0 Å². The summed E-state index contributed by atoms with van der Waals surface area (Å²) in [5, 5.41) is 19.4. The van der Waals surface area contributed by atoms with E-state index in [2.05, 4.69) is 0 Å². The van der Waals surface area contributed by atoms with Crippen LogP contribution in [0.4, 0.5) is 0 Å². The van der Waals surface area contributed by atoms with E-state index in [1.807, 2.05) is 6.07 Å². The van der Waals surface area contributed by atoms with Crippen LogP contribution in [-0.2, 0) is 4.79 Å². The zero-order valence-electron chi connectivity index (χ0n) is 11.1. The molecule has 0 heterocycles. The van der Waals surface area contributed by atoms with Crippen molar-refractivity contribution < 1.29 is 19.7 Å². The van der Waals surface area contributed by atoms with Gasteiger partial charge < -0.3 is 14.9 Å². The van der Waals surface area contributed by atoms with Crippen LogP contribution >= 0.6 is 0 Å². The van der Waals surface area contributed by atoms with Crippen LogP contribution in [0.1, 0.15) is 13.3 Å². The average molecular weight is 272 g/mol. The van der Waals surface area contributed by atoms with Gasteiger partial charge in [-0.1, -0.05) is 30.4 Å². The third-order valence-electron chi connectivity index (χ3n) is 2.95. The van der Waals surface area contributed by atoms with Crippen molar-refractivity contribution in [2.75, 3.05) is 0 Å². The SMILES string of the molecule is CC1(O)CC(/C=C/C(=O)Oc2ccccc2)=CC=C1O. The molecule has 20 heavy (non-hydrogen) atoms. The zero-order chi connectivity index (χ0) is 14.6. The van der Waals surface area contributed by atoms with Crippen molar-refractivity contribution in [2.24, 2.45) is 0 Å². The van der Waals surface area contributed by atoms with E-state index in [1.165, 1.54) is 19.1 Å². The summed E-state index contributed by atoms with van der Waals surface area (Å²) in [6, 6.07) is 8.77. The standard InChI is InChI=1S/C16H16O4/c1-16(19)11-12(7-9-14(16)17)8-10-15(18)20-13-5-3-2-4-6-13/h2-10,17,19H,11H2,1H3/b10-8+. The van der Waals surface area contributed by atoms with Gasteiger partial charge in [-0.2, -0.15) is 0 Å². The second-order valence-corrected chi connectivity index (χ2v) is 4.81. The lowest BCUT2D eigenvalue weighted by molar-refractivity contribution is -0.129. The molecule has 0 saturated carbocycles. The fraction of sp³-hybridized carbons (Fsp3) is 0.188. The van der Waals surface area contributed by atoms with Crippen molar-refractivity contribution in [3.8, 4) is 5.75 Å². The van der Waals surface area contributed by atoms with Crippen LogP contribution in [0.3, 0.4) is 0 Å². The second-order valence-electron chi connectivity index (χ2n) is 4.81. The van der Waals surface area contributed by atoms with Gasteiger partial charge in [-0.25, -0.2) is 4.79 Å².